The van der Waals surface area contributed by atoms with E-state index in [1.165, 1.54) is 42.3 Å². The van der Waals surface area contributed by atoms with Gasteiger partial charge < -0.3 is 19.9 Å². The molecule has 31 heavy (non-hydrogen) atoms. The van der Waals surface area contributed by atoms with Crippen LogP contribution in [0.5, 0.6) is 17.2 Å². The van der Waals surface area contributed by atoms with E-state index in [1.54, 1.807) is 24.3 Å². The zero-order chi connectivity index (χ0) is 22.4. The molecule has 0 spiro atoms. The second-order valence-corrected chi connectivity index (χ2v) is 6.31. The number of carboxylic acid groups (broad SMARTS) is 1. The highest BCUT2D eigenvalue weighted by Gasteiger charge is 2.16. The number of carbonyl (C=O) groups is 2. The van der Waals surface area contributed by atoms with Crippen LogP contribution in [0.25, 0.3) is 0 Å². The molecule has 11 heteroatoms. The molecule has 0 aliphatic rings. The van der Waals surface area contributed by atoms with Gasteiger partial charge in [-0.15, -0.1) is 0 Å². The Morgan fingerprint density at radius 3 is 2.48 bits per heavy atom. The molecule has 0 saturated carbocycles. The molecule has 0 aliphatic carbocycles. The largest absolute Gasteiger partial charge is 0.497 e. The van der Waals surface area contributed by atoms with Gasteiger partial charge in [0.05, 0.1) is 36.8 Å². The number of amides is 1. The van der Waals surface area contributed by atoms with Crippen LogP contribution in [0.15, 0.2) is 54.7 Å². The lowest BCUT2D eigenvalue weighted by Crippen LogP contribution is -2.14. The predicted molar refractivity (Wildman–Crippen MR) is 109 cm³/mol. The predicted octanol–water partition coefficient (Wildman–Crippen LogP) is 3.32. The Kier molecular flexibility index (Phi) is 6.45. The van der Waals surface area contributed by atoms with E-state index in [0.29, 0.717) is 11.5 Å². The van der Waals surface area contributed by atoms with Crippen molar-refractivity contribution in [3.8, 4) is 17.2 Å². The molecule has 3 rings (SSSR count). The summed E-state index contributed by atoms with van der Waals surface area (Å²) in [6.07, 6.45) is 1.34. The monoisotopic (exact) mass is 426 g/mol. The number of nitro groups is 1. The van der Waals surface area contributed by atoms with Crippen molar-refractivity contribution in [2.75, 3.05) is 12.4 Å². The zero-order valence-corrected chi connectivity index (χ0v) is 16.3. The maximum absolute atomic E-state index is 12.5. The van der Waals surface area contributed by atoms with Crippen LogP contribution in [0.3, 0.4) is 0 Å². The standard InChI is InChI=1S/C20H18N4O7/c1-30-15-2-4-16(5-3-15)31-17-11-13(10-14(12-17)24(28)29)21-20(27)18-6-8-23(22-18)9-7-19(25)26/h2-6,8,10-12H,7,9H2,1H3,(H,21,27)(H,25,26). The third-order valence-corrected chi connectivity index (χ3v) is 4.08. The highest BCUT2D eigenvalue weighted by atomic mass is 16.6. The lowest BCUT2D eigenvalue weighted by Gasteiger charge is -2.09. The average molecular weight is 426 g/mol. The van der Waals surface area contributed by atoms with Crippen molar-refractivity contribution in [2.45, 2.75) is 13.0 Å². The van der Waals surface area contributed by atoms with Gasteiger partial charge in [0.1, 0.15) is 17.2 Å². The van der Waals surface area contributed by atoms with Crippen molar-refractivity contribution in [3.63, 3.8) is 0 Å². The third-order valence-electron chi connectivity index (χ3n) is 4.08. The summed E-state index contributed by atoms with van der Waals surface area (Å²) in [5.74, 6) is -0.382. The van der Waals surface area contributed by atoms with Crippen molar-refractivity contribution in [1.29, 1.82) is 0 Å². The molecular formula is C20H18N4O7. The molecule has 0 bridgehead atoms. The molecule has 11 nitrogen and oxygen atoms in total. The summed E-state index contributed by atoms with van der Waals surface area (Å²) in [4.78, 5) is 33.8. The van der Waals surface area contributed by atoms with Gasteiger partial charge in [-0.1, -0.05) is 0 Å². The van der Waals surface area contributed by atoms with E-state index < -0.39 is 16.8 Å². The van der Waals surface area contributed by atoms with Crippen LogP contribution >= 0.6 is 0 Å². The van der Waals surface area contributed by atoms with E-state index in [9.17, 15) is 19.7 Å². The van der Waals surface area contributed by atoms with E-state index in [2.05, 4.69) is 10.4 Å². The van der Waals surface area contributed by atoms with Gasteiger partial charge in [-0.3, -0.25) is 24.4 Å². The molecule has 3 aromatic rings. The Balaban J connectivity index is 1.77. The fourth-order valence-electron chi connectivity index (χ4n) is 2.61. The minimum Gasteiger partial charge on any atom is -0.497 e. The van der Waals surface area contributed by atoms with Crippen molar-refractivity contribution in [1.82, 2.24) is 9.78 Å². The van der Waals surface area contributed by atoms with E-state index in [1.807, 2.05) is 0 Å². The van der Waals surface area contributed by atoms with Gasteiger partial charge in [0.2, 0.25) is 0 Å². The van der Waals surface area contributed by atoms with Crippen LogP contribution in [0.2, 0.25) is 0 Å². The summed E-state index contributed by atoms with van der Waals surface area (Å²) in [5.41, 5.74) is -0.0920. The average Bonchev–Trinajstić information content (AvgIpc) is 3.22. The second kappa shape index (κ2) is 9.39. The number of aromatic nitrogens is 2. The van der Waals surface area contributed by atoms with Crippen molar-refractivity contribution < 1.29 is 29.1 Å². The highest BCUT2D eigenvalue weighted by Crippen LogP contribution is 2.30. The van der Waals surface area contributed by atoms with E-state index in [-0.39, 0.29) is 35.8 Å². The maximum Gasteiger partial charge on any atom is 0.305 e. The van der Waals surface area contributed by atoms with Crippen molar-refractivity contribution in [2.24, 2.45) is 0 Å². The van der Waals surface area contributed by atoms with Gasteiger partial charge in [-0.2, -0.15) is 5.10 Å². The molecule has 0 unspecified atom stereocenters. The van der Waals surface area contributed by atoms with Crippen molar-refractivity contribution in [3.05, 3.63) is 70.5 Å². The first-order chi connectivity index (χ1) is 14.8. The number of nitrogens with zero attached hydrogens (tertiary/aromatic N) is 3. The van der Waals surface area contributed by atoms with Crippen molar-refractivity contribution >= 4 is 23.3 Å². The number of hydrogen-bond acceptors (Lipinski definition) is 7. The maximum atomic E-state index is 12.5. The number of methoxy groups -OCH3 is 1. The van der Waals surface area contributed by atoms with Crippen LogP contribution in [-0.4, -0.2) is 38.8 Å². The summed E-state index contributed by atoms with van der Waals surface area (Å²) in [6.45, 7) is 0.110. The molecule has 1 amide bonds. The molecular weight excluding hydrogens is 408 g/mol. The fourth-order valence-corrected chi connectivity index (χ4v) is 2.61. The fraction of sp³-hybridized carbons (Fsp3) is 0.150. The summed E-state index contributed by atoms with van der Waals surface area (Å²) < 4.78 is 12.1. The number of aryl methyl sites for hydroxylation is 1. The number of anilines is 1. The Morgan fingerprint density at radius 2 is 1.84 bits per heavy atom. The first kappa shape index (κ1) is 21.3. The molecule has 160 valence electrons. The van der Waals surface area contributed by atoms with Crippen LogP contribution in [-0.2, 0) is 11.3 Å². The molecule has 2 N–H and O–H groups in total. The van der Waals surface area contributed by atoms with Gasteiger partial charge in [0.15, 0.2) is 5.69 Å². The smallest absolute Gasteiger partial charge is 0.305 e. The van der Waals surface area contributed by atoms with E-state index in [4.69, 9.17) is 14.6 Å². The number of non-ortho nitro benzene ring substituents is 1. The molecule has 1 aromatic heterocycles. The van der Waals surface area contributed by atoms with Crippen LogP contribution in [0, 0.1) is 10.1 Å². The normalized spacial score (nSPS) is 10.4. The number of hydrogen-bond donors (Lipinski definition) is 2. The Labute approximate surface area is 176 Å². The lowest BCUT2D eigenvalue weighted by molar-refractivity contribution is -0.384. The molecule has 1 heterocycles. The Bertz CT molecular complexity index is 1110. The molecule has 2 aromatic carbocycles. The minimum atomic E-state index is -0.984. The number of ether oxygens (including phenoxy) is 2. The van der Waals surface area contributed by atoms with Crippen LogP contribution in [0.1, 0.15) is 16.9 Å². The molecule has 0 aliphatic heterocycles. The number of nitro benzene ring substituents is 1. The first-order valence-corrected chi connectivity index (χ1v) is 9.02. The number of nitrogens with one attached hydrogen (secondary N) is 1. The Hall–Kier alpha value is -4.41. The SMILES string of the molecule is COc1ccc(Oc2cc(NC(=O)c3ccn(CCC(=O)O)n3)cc([N+](=O)[O-])c2)cc1. The summed E-state index contributed by atoms with van der Waals surface area (Å²) in [7, 11) is 1.53. The van der Waals surface area contributed by atoms with Gasteiger partial charge in [0, 0.05) is 18.3 Å². The molecule has 0 saturated heterocycles. The second-order valence-electron chi connectivity index (χ2n) is 6.31. The number of carboxylic acids is 1. The number of carbonyl (C=O) groups excluding carboxylic acids is 1. The van der Waals surface area contributed by atoms with Gasteiger partial charge in [0.25, 0.3) is 11.6 Å². The number of aliphatic carboxylic acids is 1. The van der Waals surface area contributed by atoms with Crippen LogP contribution < -0.4 is 14.8 Å². The van der Waals surface area contributed by atoms with E-state index in [0.717, 1.165) is 0 Å². The topological polar surface area (TPSA) is 146 Å². The van der Waals surface area contributed by atoms with Gasteiger partial charge >= 0.3 is 5.97 Å². The van der Waals surface area contributed by atoms with Gasteiger partial charge in [-0.05, 0) is 30.3 Å². The minimum absolute atomic E-state index is 0.0366. The van der Waals surface area contributed by atoms with Crippen LogP contribution in [0.4, 0.5) is 11.4 Å². The summed E-state index contributed by atoms with van der Waals surface area (Å²) >= 11 is 0. The molecule has 0 atom stereocenters. The first-order valence-electron chi connectivity index (χ1n) is 9.02. The summed E-state index contributed by atoms with van der Waals surface area (Å²) in [5, 5.41) is 26.6. The zero-order valence-electron chi connectivity index (χ0n) is 16.3. The molecule has 0 fully saturated rings. The molecule has 0 radical (unpaired) electrons. The summed E-state index contributed by atoms with van der Waals surface area (Å²) in [6, 6.07) is 11.9. The quantitative estimate of drug-likeness (QED) is 0.391. The number of benzene rings is 2. The number of rotatable bonds is 9. The Morgan fingerprint density at radius 1 is 1.13 bits per heavy atom. The van der Waals surface area contributed by atoms with E-state index >= 15 is 0 Å². The van der Waals surface area contributed by atoms with Gasteiger partial charge in [-0.25, -0.2) is 0 Å². The highest BCUT2D eigenvalue weighted by molar-refractivity contribution is 6.03. The lowest BCUT2D eigenvalue weighted by atomic mass is 10.2. The third kappa shape index (κ3) is 5.79.